The number of hydrazine groups is 1. The summed E-state index contributed by atoms with van der Waals surface area (Å²) in [5.41, 5.74) is -0.449. The largest absolute Gasteiger partial charge is 0.545 e. The van der Waals surface area contributed by atoms with Gasteiger partial charge in [-0.2, -0.15) is 18.2 Å². The Morgan fingerprint density at radius 3 is 2.50 bits per heavy atom. The fourth-order valence-corrected chi connectivity index (χ4v) is 3.93. The normalized spacial score (nSPS) is 18.5. The molecule has 166 valence electrons. The summed E-state index contributed by atoms with van der Waals surface area (Å²) in [5, 5.41) is 14.3. The van der Waals surface area contributed by atoms with Crippen molar-refractivity contribution >= 4 is 27.5 Å². The first-order valence-corrected chi connectivity index (χ1v) is 9.89. The van der Waals surface area contributed by atoms with Crippen LogP contribution in [-0.4, -0.2) is 49.1 Å². The van der Waals surface area contributed by atoms with E-state index in [0.717, 1.165) is 6.26 Å². The molecule has 1 aromatic carbocycles. The molecular formula is C20H23BrF3N2O4-. The van der Waals surface area contributed by atoms with Gasteiger partial charge in [-0.1, -0.05) is 38.1 Å². The molecule has 1 aliphatic rings. The fraction of sp³-hybridized carbons (Fsp3) is 0.450. The predicted octanol–water partition coefficient (Wildman–Crippen LogP) is 3.25. The number of nitrogens with zero attached hydrogens (tertiary/aromatic N) is 2. The van der Waals surface area contributed by atoms with Crippen molar-refractivity contribution in [2.75, 3.05) is 20.7 Å². The Hall–Kier alpha value is -2.04. The van der Waals surface area contributed by atoms with Crippen LogP contribution in [0.25, 0.3) is 5.57 Å². The third kappa shape index (κ3) is 5.35. The van der Waals surface area contributed by atoms with Gasteiger partial charge in [0, 0.05) is 19.2 Å². The number of carboxylic acids is 1. The standard InChI is InChI=1S/C20H24BrF3N2O4/c1-12(2)9-26-17(21)16(20(22,23)24)18(25(26)3)30-10-13-7-5-6-8-14(13)15(11-29-4)19(27)28/h5-8,11-12,18H,9-10H2,1-4H3,(H,27,28)/p-1/b15-11+. The van der Waals surface area contributed by atoms with E-state index >= 15 is 0 Å². The van der Waals surface area contributed by atoms with Crippen molar-refractivity contribution in [3.05, 3.63) is 51.8 Å². The minimum Gasteiger partial charge on any atom is -0.545 e. The molecule has 1 aromatic rings. The van der Waals surface area contributed by atoms with Gasteiger partial charge in [-0.05, 0) is 33.0 Å². The van der Waals surface area contributed by atoms with Crippen LogP contribution in [0, 0.1) is 5.92 Å². The number of carbonyl (C=O) groups is 1. The number of benzene rings is 1. The Labute approximate surface area is 181 Å². The van der Waals surface area contributed by atoms with Gasteiger partial charge in [0.05, 0.1) is 25.9 Å². The van der Waals surface area contributed by atoms with Crippen LogP contribution in [0.3, 0.4) is 0 Å². The summed E-state index contributed by atoms with van der Waals surface area (Å²) < 4.78 is 51.6. The predicted molar refractivity (Wildman–Crippen MR) is 106 cm³/mol. The van der Waals surface area contributed by atoms with Gasteiger partial charge < -0.3 is 19.4 Å². The highest BCUT2D eigenvalue weighted by molar-refractivity contribution is 9.11. The minimum absolute atomic E-state index is 0.0980. The molecule has 1 atom stereocenters. The first-order chi connectivity index (χ1) is 14.0. The van der Waals surface area contributed by atoms with Gasteiger partial charge in [-0.15, -0.1) is 0 Å². The summed E-state index contributed by atoms with van der Waals surface area (Å²) in [5.74, 6) is -1.36. The van der Waals surface area contributed by atoms with Crippen molar-refractivity contribution in [1.29, 1.82) is 0 Å². The van der Waals surface area contributed by atoms with Crippen LogP contribution >= 0.6 is 15.9 Å². The summed E-state index contributed by atoms with van der Waals surface area (Å²) in [6, 6.07) is 6.34. The summed E-state index contributed by atoms with van der Waals surface area (Å²) in [4.78, 5) is 11.4. The molecule has 0 aliphatic carbocycles. The van der Waals surface area contributed by atoms with Crippen molar-refractivity contribution in [3.63, 3.8) is 0 Å². The van der Waals surface area contributed by atoms with Gasteiger partial charge in [-0.3, -0.25) is 5.01 Å². The van der Waals surface area contributed by atoms with Gasteiger partial charge >= 0.3 is 6.18 Å². The number of methoxy groups -OCH3 is 1. The second kappa shape index (κ2) is 9.84. The molecule has 1 aliphatic heterocycles. The average Bonchev–Trinajstić information content (AvgIpc) is 2.88. The molecule has 0 radical (unpaired) electrons. The quantitative estimate of drug-likeness (QED) is 0.316. The Kier molecular flexibility index (Phi) is 7.95. The van der Waals surface area contributed by atoms with Crippen molar-refractivity contribution in [2.45, 2.75) is 32.9 Å². The topological polar surface area (TPSA) is 65.1 Å². The molecule has 0 bridgehead atoms. The second-order valence-corrected chi connectivity index (χ2v) is 7.88. The van der Waals surface area contributed by atoms with E-state index in [0.29, 0.717) is 12.1 Å². The lowest BCUT2D eigenvalue weighted by molar-refractivity contribution is -0.295. The summed E-state index contributed by atoms with van der Waals surface area (Å²) in [6.45, 7) is 3.90. The SMILES string of the molecule is CO/C=C(/C(=O)[O-])c1ccccc1COC1C(C(F)(F)F)=C(Br)N(CC(C)C)N1C. The highest BCUT2D eigenvalue weighted by atomic mass is 79.9. The lowest BCUT2D eigenvalue weighted by Crippen LogP contribution is -2.43. The van der Waals surface area contributed by atoms with Gasteiger partial charge in [-0.25, -0.2) is 0 Å². The Balaban J connectivity index is 2.35. The van der Waals surface area contributed by atoms with Crippen LogP contribution in [0.1, 0.15) is 25.0 Å². The highest BCUT2D eigenvalue weighted by Crippen LogP contribution is 2.42. The zero-order valence-electron chi connectivity index (χ0n) is 17.0. The zero-order valence-corrected chi connectivity index (χ0v) is 18.6. The number of halogens is 4. The monoisotopic (exact) mass is 491 g/mol. The molecule has 1 unspecified atom stereocenters. The lowest BCUT2D eigenvalue weighted by atomic mass is 10.0. The Morgan fingerprint density at radius 2 is 1.97 bits per heavy atom. The summed E-state index contributed by atoms with van der Waals surface area (Å²) >= 11 is 3.07. The molecular weight excluding hydrogens is 469 g/mol. The van der Waals surface area contributed by atoms with Crippen molar-refractivity contribution in [2.24, 2.45) is 5.92 Å². The third-order valence-electron chi connectivity index (χ3n) is 4.42. The van der Waals surface area contributed by atoms with E-state index in [2.05, 4.69) is 15.9 Å². The number of carboxylic acid groups (broad SMARTS) is 1. The molecule has 0 N–H and O–H groups in total. The molecule has 0 fully saturated rings. The van der Waals surface area contributed by atoms with E-state index in [1.54, 1.807) is 18.2 Å². The molecule has 1 heterocycles. The molecule has 10 heteroatoms. The Morgan fingerprint density at radius 1 is 1.33 bits per heavy atom. The number of likely N-dealkylation sites (N-methyl/N-ethyl adjacent to an activating group) is 1. The van der Waals surface area contributed by atoms with Crippen LogP contribution in [0.5, 0.6) is 0 Å². The fourth-order valence-electron chi connectivity index (χ4n) is 3.11. The first-order valence-electron chi connectivity index (χ1n) is 9.10. The minimum atomic E-state index is -4.62. The molecule has 0 spiro atoms. The van der Waals surface area contributed by atoms with E-state index in [1.807, 2.05) is 13.8 Å². The van der Waals surface area contributed by atoms with Crippen molar-refractivity contribution in [1.82, 2.24) is 10.0 Å². The molecule has 30 heavy (non-hydrogen) atoms. The zero-order chi connectivity index (χ0) is 22.6. The number of hydrogen-bond donors (Lipinski definition) is 0. The van der Waals surface area contributed by atoms with Crippen molar-refractivity contribution < 1.29 is 32.5 Å². The van der Waals surface area contributed by atoms with E-state index in [9.17, 15) is 23.1 Å². The third-order valence-corrected chi connectivity index (χ3v) is 5.26. The number of hydrogen-bond acceptors (Lipinski definition) is 6. The summed E-state index contributed by atoms with van der Waals surface area (Å²) in [7, 11) is 2.80. The van der Waals surface area contributed by atoms with E-state index in [-0.39, 0.29) is 28.3 Å². The molecule has 0 amide bonds. The van der Waals surface area contributed by atoms with E-state index in [4.69, 9.17) is 9.47 Å². The lowest BCUT2D eigenvalue weighted by Gasteiger charge is -2.32. The number of aliphatic carboxylic acids is 1. The number of rotatable bonds is 8. The van der Waals surface area contributed by atoms with Gasteiger partial charge in [0.2, 0.25) is 0 Å². The van der Waals surface area contributed by atoms with Gasteiger partial charge in [0.1, 0.15) is 10.2 Å². The van der Waals surface area contributed by atoms with E-state index < -0.39 is 23.9 Å². The average molecular weight is 492 g/mol. The van der Waals surface area contributed by atoms with Crippen LogP contribution in [0.15, 0.2) is 40.7 Å². The molecule has 0 saturated heterocycles. The molecule has 2 rings (SSSR count). The molecule has 0 aromatic heterocycles. The number of carbonyl (C=O) groups excluding carboxylic acids is 1. The maximum absolute atomic E-state index is 13.8. The second-order valence-electron chi connectivity index (χ2n) is 7.13. The highest BCUT2D eigenvalue weighted by Gasteiger charge is 2.50. The number of alkyl halides is 3. The van der Waals surface area contributed by atoms with Crippen LogP contribution < -0.4 is 5.11 Å². The maximum atomic E-state index is 13.8. The van der Waals surface area contributed by atoms with Gasteiger partial charge in [0.15, 0.2) is 6.23 Å². The Bertz CT molecular complexity index is 840. The van der Waals surface area contributed by atoms with Gasteiger partial charge in [0.25, 0.3) is 0 Å². The maximum Gasteiger partial charge on any atom is 0.419 e. The summed E-state index contributed by atoms with van der Waals surface area (Å²) in [6.07, 6.45) is -5.00. The van der Waals surface area contributed by atoms with Crippen LogP contribution in [-0.2, 0) is 20.9 Å². The molecule has 0 saturated carbocycles. The van der Waals surface area contributed by atoms with E-state index in [1.165, 1.54) is 30.2 Å². The van der Waals surface area contributed by atoms with Crippen LogP contribution in [0.2, 0.25) is 0 Å². The smallest absolute Gasteiger partial charge is 0.419 e. The van der Waals surface area contributed by atoms with Crippen molar-refractivity contribution in [3.8, 4) is 0 Å². The van der Waals surface area contributed by atoms with Crippen LogP contribution in [0.4, 0.5) is 13.2 Å². The first kappa shape index (κ1) is 24.2. The molecule has 6 nitrogen and oxygen atoms in total. The number of ether oxygens (including phenoxy) is 2.